The molecule has 0 amide bonds. The van der Waals surface area contributed by atoms with Crippen molar-refractivity contribution in [2.24, 2.45) is 5.92 Å². The molecule has 6 nitrogen and oxygen atoms in total. The molecular weight excluding hydrogens is 236 g/mol. The van der Waals surface area contributed by atoms with E-state index in [0.29, 0.717) is 37.3 Å². The predicted octanol–water partition coefficient (Wildman–Crippen LogP) is 1.03. The second-order valence-electron chi connectivity index (χ2n) is 5.02. The fourth-order valence-electron chi connectivity index (χ4n) is 2.38. The third kappa shape index (κ3) is 2.28. The van der Waals surface area contributed by atoms with E-state index in [0.717, 1.165) is 12.8 Å². The van der Waals surface area contributed by atoms with Gasteiger partial charge in [0.05, 0.1) is 18.6 Å². The molecule has 1 aromatic heterocycles. The summed E-state index contributed by atoms with van der Waals surface area (Å²) in [6.45, 7) is 1.02. The molecule has 1 aromatic rings. The SMILES string of the molecule is COC(c1noc(C2COCCC2O)n1)C1CC1. The van der Waals surface area contributed by atoms with Crippen LogP contribution in [-0.2, 0) is 9.47 Å². The molecule has 3 rings (SSSR count). The first-order valence-corrected chi connectivity index (χ1v) is 6.41. The van der Waals surface area contributed by atoms with Crippen LogP contribution >= 0.6 is 0 Å². The van der Waals surface area contributed by atoms with Gasteiger partial charge in [-0.1, -0.05) is 5.16 Å². The van der Waals surface area contributed by atoms with E-state index < -0.39 is 6.10 Å². The largest absolute Gasteiger partial charge is 0.392 e. The van der Waals surface area contributed by atoms with Crippen LogP contribution in [0.4, 0.5) is 0 Å². The van der Waals surface area contributed by atoms with Crippen LogP contribution in [0.25, 0.3) is 0 Å². The van der Waals surface area contributed by atoms with Crippen molar-refractivity contribution in [1.29, 1.82) is 0 Å². The fourth-order valence-corrected chi connectivity index (χ4v) is 2.38. The van der Waals surface area contributed by atoms with Crippen molar-refractivity contribution in [3.05, 3.63) is 11.7 Å². The van der Waals surface area contributed by atoms with Gasteiger partial charge in [-0.2, -0.15) is 4.98 Å². The zero-order valence-electron chi connectivity index (χ0n) is 10.4. The molecule has 1 saturated carbocycles. The van der Waals surface area contributed by atoms with E-state index in [1.54, 1.807) is 7.11 Å². The van der Waals surface area contributed by atoms with Crippen molar-refractivity contribution in [2.45, 2.75) is 37.4 Å². The lowest BCUT2D eigenvalue weighted by atomic mass is 9.99. The number of methoxy groups -OCH3 is 1. The topological polar surface area (TPSA) is 77.6 Å². The number of nitrogens with zero attached hydrogens (tertiary/aromatic N) is 2. The number of aromatic nitrogens is 2. The van der Waals surface area contributed by atoms with Crippen molar-refractivity contribution in [2.75, 3.05) is 20.3 Å². The maximum absolute atomic E-state index is 9.91. The predicted molar refractivity (Wildman–Crippen MR) is 61.0 cm³/mol. The van der Waals surface area contributed by atoms with Crippen LogP contribution in [0.3, 0.4) is 0 Å². The van der Waals surface area contributed by atoms with Crippen molar-refractivity contribution >= 4 is 0 Å². The maximum Gasteiger partial charge on any atom is 0.234 e. The summed E-state index contributed by atoms with van der Waals surface area (Å²) in [6, 6.07) is 0. The molecule has 0 radical (unpaired) electrons. The van der Waals surface area contributed by atoms with E-state index in [4.69, 9.17) is 14.0 Å². The molecule has 1 N–H and O–H groups in total. The molecule has 2 aliphatic rings. The molecule has 0 spiro atoms. The Bertz CT molecular complexity index is 405. The lowest BCUT2D eigenvalue weighted by Crippen LogP contribution is -2.30. The molecule has 2 heterocycles. The molecule has 0 aromatic carbocycles. The summed E-state index contributed by atoms with van der Waals surface area (Å²) in [7, 11) is 1.66. The molecule has 1 aliphatic carbocycles. The first-order chi connectivity index (χ1) is 8.79. The van der Waals surface area contributed by atoms with Crippen LogP contribution in [0, 0.1) is 5.92 Å². The highest BCUT2D eigenvalue weighted by molar-refractivity contribution is 5.03. The summed E-state index contributed by atoms with van der Waals surface area (Å²) >= 11 is 0. The van der Waals surface area contributed by atoms with E-state index in [9.17, 15) is 5.11 Å². The Morgan fingerprint density at radius 1 is 1.39 bits per heavy atom. The van der Waals surface area contributed by atoms with Crippen LogP contribution in [-0.4, -0.2) is 41.7 Å². The number of aliphatic hydroxyl groups is 1. The first kappa shape index (κ1) is 12.1. The van der Waals surface area contributed by atoms with E-state index >= 15 is 0 Å². The molecule has 100 valence electrons. The molecule has 3 unspecified atom stereocenters. The van der Waals surface area contributed by atoms with E-state index in [-0.39, 0.29) is 12.0 Å². The number of aliphatic hydroxyl groups excluding tert-OH is 1. The van der Waals surface area contributed by atoms with Gasteiger partial charge in [0, 0.05) is 13.7 Å². The molecule has 6 heteroatoms. The van der Waals surface area contributed by atoms with Gasteiger partial charge in [-0.15, -0.1) is 0 Å². The van der Waals surface area contributed by atoms with Gasteiger partial charge in [-0.05, 0) is 25.2 Å². The third-order valence-electron chi connectivity index (χ3n) is 3.65. The summed E-state index contributed by atoms with van der Waals surface area (Å²) in [5.74, 6) is 1.34. The molecule has 1 aliphatic heterocycles. The van der Waals surface area contributed by atoms with Gasteiger partial charge in [0.15, 0.2) is 0 Å². The minimum atomic E-state index is -0.464. The molecule has 0 bridgehead atoms. The lowest BCUT2D eigenvalue weighted by molar-refractivity contribution is -0.0149. The fraction of sp³-hybridized carbons (Fsp3) is 0.833. The lowest BCUT2D eigenvalue weighted by Gasteiger charge is -2.24. The number of hydrogen-bond acceptors (Lipinski definition) is 6. The number of hydrogen-bond donors (Lipinski definition) is 1. The first-order valence-electron chi connectivity index (χ1n) is 6.41. The molecule has 3 atom stereocenters. The van der Waals surface area contributed by atoms with Gasteiger partial charge >= 0.3 is 0 Å². The van der Waals surface area contributed by atoms with Crippen LogP contribution in [0.15, 0.2) is 4.52 Å². The Labute approximate surface area is 105 Å². The van der Waals surface area contributed by atoms with Gasteiger partial charge in [-0.3, -0.25) is 0 Å². The minimum Gasteiger partial charge on any atom is -0.392 e. The normalized spacial score (nSPS) is 30.3. The highest BCUT2D eigenvalue weighted by Crippen LogP contribution is 2.42. The van der Waals surface area contributed by atoms with Crippen LogP contribution in [0.1, 0.15) is 43.0 Å². The highest BCUT2D eigenvalue weighted by Gasteiger charge is 2.37. The van der Waals surface area contributed by atoms with Crippen molar-refractivity contribution < 1.29 is 19.1 Å². The van der Waals surface area contributed by atoms with Gasteiger partial charge in [0.1, 0.15) is 6.10 Å². The molecule has 1 saturated heterocycles. The summed E-state index contributed by atoms with van der Waals surface area (Å²) in [5, 5.41) is 13.9. The van der Waals surface area contributed by atoms with E-state index in [2.05, 4.69) is 10.1 Å². The summed E-state index contributed by atoms with van der Waals surface area (Å²) < 4.78 is 16.0. The van der Waals surface area contributed by atoms with Crippen LogP contribution in [0.5, 0.6) is 0 Å². The third-order valence-corrected chi connectivity index (χ3v) is 3.65. The number of ether oxygens (including phenoxy) is 2. The number of rotatable bonds is 4. The molecular formula is C12H18N2O4. The Balaban J connectivity index is 1.75. The van der Waals surface area contributed by atoms with E-state index in [1.165, 1.54) is 0 Å². The Hall–Kier alpha value is -0.980. The zero-order valence-corrected chi connectivity index (χ0v) is 10.4. The van der Waals surface area contributed by atoms with E-state index in [1.807, 2.05) is 0 Å². The van der Waals surface area contributed by atoms with Gasteiger partial charge in [0.25, 0.3) is 0 Å². The van der Waals surface area contributed by atoms with Gasteiger partial charge in [-0.25, -0.2) is 0 Å². The summed E-state index contributed by atoms with van der Waals surface area (Å²) in [5.41, 5.74) is 0. The van der Waals surface area contributed by atoms with Crippen molar-refractivity contribution in [3.63, 3.8) is 0 Å². The quantitative estimate of drug-likeness (QED) is 0.864. The maximum atomic E-state index is 9.91. The second-order valence-corrected chi connectivity index (χ2v) is 5.02. The van der Waals surface area contributed by atoms with Crippen LogP contribution < -0.4 is 0 Å². The van der Waals surface area contributed by atoms with Crippen molar-refractivity contribution in [1.82, 2.24) is 10.1 Å². The smallest absolute Gasteiger partial charge is 0.234 e. The average molecular weight is 254 g/mol. The monoisotopic (exact) mass is 254 g/mol. The summed E-state index contributed by atoms with van der Waals surface area (Å²) in [4.78, 5) is 4.37. The van der Waals surface area contributed by atoms with Gasteiger partial charge < -0.3 is 19.1 Å². The highest BCUT2D eigenvalue weighted by atomic mass is 16.5. The standard InChI is InChI=1S/C12H18N2O4/c1-16-10(7-2-3-7)11-13-12(18-14-11)8-6-17-5-4-9(8)15/h7-10,15H,2-6H2,1H3. The zero-order chi connectivity index (χ0) is 12.5. The average Bonchev–Trinajstić information content (AvgIpc) is 3.09. The van der Waals surface area contributed by atoms with Crippen molar-refractivity contribution in [3.8, 4) is 0 Å². The van der Waals surface area contributed by atoms with Gasteiger partial charge in [0.2, 0.25) is 11.7 Å². The van der Waals surface area contributed by atoms with Crippen LogP contribution in [0.2, 0.25) is 0 Å². The Morgan fingerprint density at radius 3 is 2.89 bits per heavy atom. The minimum absolute atomic E-state index is 0.0795. The summed E-state index contributed by atoms with van der Waals surface area (Å²) in [6.07, 6.45) is 2.37. The Morgan fingerprint density at radius 2 is 2.22 bits per heavy atom. The molecule has 2 fully saturated rings. The molecule has 18 heavy (non-hydrogen) atoms. The Kier molecular flexibility index (Phi) is 3.32. The second kappa shape index (κ2) is 4.95.